The maximum atomic E-state index is 5.45. The second kappa shape index (κ2) is 7.01. The third-order valence-electron chi connectivity index (χ3n) is 4.58. The highest BCUT2D eigenvalue weighted by Gasteiger charge is 2.25. The van der Waals surface area contributed by atoms with Gasteiger partial charge in [0.1, 0.15) is 5.69 Å². The van der Waals surface area contributed by atoms with Crippen LogP contribution in [0.1, 0.15) is 39.5 Å². The summed E-state index contributed by atoms with van der Waals surface area (Å²) in [6.07, 6.45) is 6.94. The van der Waals surface area contributed by atoms with E-state index in [1.54, 1.807) is 13.3 Å². The van der Waals surface area contributed by atoms with E-state index >= 15 is 0 Å². The molecule has 1 fully saturated rings. The molecule has 1 aliphatic carbocycles. The third kappa shape index (κ3) is 3.80. The maximum absolute atomic E-state index is 5.45. The Hall–Kier alpha value is -1.45. The highest BCUT2D eigenvalue weighted by atomic mass is 16.5. The predicted molar refractivity (Wildman–Crippen MR) is 89.3 cm³/mol. The molecule has 0 aromatic carbocycles. The van der Waals surface area contributed by atoms with E-state index in [1.807, 2.05) is 6.07 Å². The fourth-order valence-corrected chi connectivity index (χ4v) is 3.26. The van der Waals surface area contributed by atoms with Crippen molar-refractivity contribution in [2.75, 3.05) is 31.4 Å². The normalized spacial score (nSPS) is 22.2. The van der Waals surface area contributed by atoms with Crippen molar-refractivity contribution in [1.82, 2.24) is 4.98 Å². The monoisotopic (exact) mass is 291 g/mol. The summed E-state index contributed by atoms with van der Waals surface area (Å²) < 4.78 is 5.45. The molecule has 4 heteroatoms. The van der Waals surface area contributed by atoms with Gasteiger partial charge in [-0.05, 0) is 30.7 Å². The Kier molecular flexibility index (Phi) is 5.32. The standard InChI is InChI=1S/C17H29N3O/c1-12(2)13-7-6-8-14(11-13)19-16-15(20(3)4)9-10-18-17(16)21-5/h9-10,12-14,19H,6-8,11H2,1-5H3. The molecule has 0 aliphatic heterocycles. The van der Waals surface area contributed by atoms with Gasteiger partial charge >= 0.3 is 0 Å². The van der Waals surface area contributed by atoms with Crippen molar-refractivity contribution in [3.05, 3.63) is 12.3 Å². The fourth-order valence-electron chi connectivity index (χ4n) is 3.26. The predicted octanol–water partition coefficient (Wildman–Crippen LogP) is 3.78. The van der Waals surface area contributed by atoms with Crippen LogP contribution in [-0.2, 0) is 0 Å². The van der Waals surface area contributed by atoms with Crippen LogP contribution in [0.3, 0.4) is 0 Å². The van der Waals surface area contributed by atoms with E-state index < -0.39 is 0 Å². The number of ether oxygens (including phenoxy) is 1. The Morgan fingerprint density at radius 3 is 2.71 bits per heavy atom. The molecule has 4 nitrogen and oxygen atoms in total. The molecule has 2 unspecified atom stereocenters. The van der Waals surface area contributed by atoms with Crippen molar-refractivity contribution in [3.8, 4) is 5.88 Å². The van der Waals surface area contributed by atoms with Gasteiger partial charge in [-0.15, -0.1) is 0 Å². The van der Waals surface area contributed by atoms with E-state index in [0.29, 0.717) is 11.9 Å². The van der Waals surface area contributed by atoms with Crippen LogP contribution in [0, 0.1) is 11.8 Å². The van der Waals surface area contributed by atoms with Gasteiger partial charge in [0.05, 0.1) is 12.8 Å². The lowest BCUT2D eigenvalue weighted by Gasteiger charge is -2.33. The van der Waals surface area contributed by atoms with E-state index in [-0.39, 0.29) is 0 Å². The van der Waals surface area contributed by atoms with Gasteiger partial charge < -0.3 is 15.0 Å². The first-order valence-electron chi connectivity index (χ1n) is 7.99. The summed E-state index contributed by atoms with van der Waals surface area (Å²) in [7, 11) is 5.79. The Balaban J connectivity index is 2.18. The van der Waals surface area contributed by atoms with Gasteiger partial charge in [0.15, 0.2) is 0 Å². The highest BCUT2D eigenvalue weighted by Crippen LogP contribution is 2.37. The Labute approximate surface area is 128 Å². The molecule has 1 heterocycles. The van der Waals surface area contributed by atoms with Crippen molar-refractivity contribution in [3.63, 3.8) is 0 Å². The summed E-state index contributed by atoms with van der Waals surface area (Å²) in [6, 6.07) is 2.55. The summed E-state index contributed by atoms with van der Waals surface area (Å²) in [5.74, 6) is 2.27. The lowest BCUT2D eigenvalue weighted by atomic mass is 9.79. The minimum atomic E-state index is 0.517. The summed E-state index contributed by atoms with van der Waals surface area (Å²) in [6.45, 7) is 4.67. The van der Waals surface area contributed by atoms with E-state index in [1.165, 1.54) is 25.7 Å². The molecule has 0 spiro atoms. The Bertz CT molecular complexity index is 459. The largest absolute Gasteiger partial charge is 0.479 e. The van der Waals surface area contributed by atoms with E-state index in [0.717, 1.165) is 23.2 Å². The molecule has 0 bridgehead atoms. The number of nitrogens with one attached hydrogen (secondary N) is 1. The molecule has 1 aliphatic rings. The van der Waals surface area contributed by atoms with Crippen LogP contribution in [0.5, 0.6) is 5.88 Å². The number of anilines is 2. The number of hydrogen-bond acceptors (Lipinski definition) is 4. The topological polar surface area (TPSA) is 37.4 Å². The van der Waals surface area contributed by atoms with Crippen molar-refractivity contribution >= 4 is 11.4 Å². The van der Waals surface area contributed by atoms with Crippen LogP contribution >= 0.6 is 0 Å². The van der Waals surface area contributed by atoms with Crippen molar-refractivity contribution in [2.45, 2.75) is 45.6 Å². The summed E-state index contributed by atoms with van der Waals surface area (Å²) in [4.78, 5) is 6.45. The smallest absolute Gasteiger partial charge is 0.239 e. The fraction of sp³-hybridized carbons (Fsp3) is 0.706. The molecule has 2 atom stereocenters. The molecule has 1 saturated carbocycles. The molecule has 0 saturated heterocycles. The lowest BCUT2D eigenvalue weighted by molar-refractivity contribution is 0.263. The molecular formula is C17H29N3O. The van der Waals surface area contributed by atoms with E-state index in [9.17, 15) is 0 Å². The average Bonchev–Trinajstić information content (AvgIpc) is 2.47. The summed E-state index contributed by atoms with van der Waals surface area (Å²) in [5, 5.41) is 3.71. The number of hydrogen-bond donors (Lipinski definition) is 1. The molecule has 2 rings (SSSR count). The summed E-state index contributed by atoms with van der Waals surface area (Å²) in [5.41, 5.74) is 2.16. The first-order valence-corrected chi connectivity index (χ1v) is 7.99. The Morgan fingerprint density at radius 2 is 2.10 bits per heavy atom. The molecule has 1 N–H and O–H groups in total. The first kappa shape index (κ1) is 15.9. The second-order valence-electron chi connectivity index (χ2n) is 6.62. The van der Waals surface area contributed by atoms with Crippen molar-refractivity contribution < 1.29 is 4.74 Å². The number of nitrogens with zero attached hydrogens (tertiary/aromatic N) is 2. The molecule has 21 heavy (non-hydrogen) atoms. The van der Waals surface area contributed by atoms with Gasteiger partial charge in [-0.2, -0.15) is 0 Å². The highest BCUT2D eigenvalue weighted by molar-refractivity contribution is 5.74. The maximum Gasteiger partial charge on any atom is 0.239 e. The van der Waals surface area contributed by atoms with Crippen LogP contribution in [0.25, 0.3) is 0 Å². The zero-order valence-electron chi connectivity index (χ0n) is 14.0. The van der Waals surface area contributed by atoms with Crippen LogP contribution in [-0.4, -0.2) is 32.2 Å². The van der Waals surface area contributed by atoms with Crippen LogP contribution in [0.15, 0.2) is 12.3 Å². The quantitative estimate of drug-likeness (QED) is 0.896. The number of pyridine rings is 1. The van der Waals surface area contributed by atoms with Crippen LogP contribution in [0.4, 0.5) is 11.4 Å². The van der Waals surface area contributed by atoms with Gasteiger partial charge in [0, 0.05) is 26.3 Å². The van der Waals surface area contributed by atoms with E-state index in [4.69, 9.17) is 4.74 Å². The second-order valence-corrected chi connectivity index (χ2v) is 6.62. The summed E-state index contributed by atoms with van der Waals surface area (Å²) >= 11 is 0. The zero-order chi connectivity index (χ0) is 15.4. The molecule has 1 aromatic heterocycles. The molecule has 0 amide bonds. The molecule has 118 valence electrons. The van der Waals surface area contributed by atoms with Crippen LogP contribution in [0.2, 0.25) is 0 Å². The van der Waals surface area contributed by atoms with E-state index in [2.05, 4.69) is 43.1 Å². The van der Waals surface area contributed by atoms with Gasteiger partial charge in [0.25, 0.3) is 0 Å². The zero-order valence-corrected chi connectivity index (χ0v) is 14.0. The van der Waals surface area contributed by atoms with Gasteiger partial charge in [0.2, 0.25) is 5.88 Å². The third-order valence-corrected chi connectivity index (χ3v) is 4.58. The van der Waals surface area contributed by atoms with Gasteiger partial charge in [-0.25, -0.2) is 4.98 Å². The Morgan fingerprint density at radius 1 is 1.33 bits per heavy atom. The SMILES string of the molecule is COc1nccc(N(C)C)c1NC1CCCC(C(C)C)C1. The lowest BCUT2D eigenvalue weighted by Crippen LogP contribution is -2.30. The van der Waals surface area contributed by atoms with Crippen molar-refractivity contribution in [2.24, 2.45) is 11.8 Å². The number of aromatic nitrogens is 1. The van der Waals surface area contributed by atoms with Gasteiger partial charge in [-0.1, -0.05) is 26.7 Å². The number of rotatable bonds is 5. The van der Waals surface area contributed by atoms with Crippen LogP contribution < -0.4 is 15.0 Å². The minimum absolute atomic E-state index is 0.517. The molecule has 1 aromatic rings. The molecular weight excluding hydrogens is 262 g/mol. The minimum Gasteiger partial charge on any atom is -0.479 e. The number of methoxy groups -OCH3 is 1. The van der Waals surface area contributed by atoms with Gasteiger partial charge in [-0.3, -0.25) is 0 Å². The first-order chi connectivity index (χ1) is 10.0. The van der Waals surface area contributed by atoms with Crippen molar-refractivity contribution in [1.29, 1.82) is 0 Å². The average molecular weight is 291 g/mol. The molecule has 0 radical (unpaired) electrons.